The third kappa shape index (κ3) is 3.13. The van der Waals surface area contributed by atoms with Crippen LogP contribution in [0.15, 0.2) is 12.7 Å². The first kappa shape index (κ1) is 13.7. The van der Waals surface area contributed by atoms with Crippen molar-refractivity contribution in [1.29, 1.82) is 0 Å². The molecular formula is C13H27N. The van der Waals surface area contributed by atoms with Gasteiger partial charge in [0.05, 0.1) is 0 Å². The predicted molar refractivity (Wildman–Crippen MR) is 65.1 cm³/mol. The van der Waals surface area contributed by atoms with Crippen LogP contribution in [0.2, 0.25) is 0 Å². The van der Waals surface area contributed by atoms with Gasteiger partial charge in [-0.3, -0.25) is 0 Å². The molecule has 0 aliphatic carbocycles. The normalized spacial score (nSPS) is 20.2. The van der Waals surface area contributed by atoms with Crippen LogP contribution in [0.25, 0.3) is 0 Å². The quantitative estimate of drug-likeness (QED) is 0.648. The molecule has 0 bridgehead atoms. The van der Waals surface area contributed by atoms with Gasteiger partial charge in [-0.1, -0.05) is 40.7 Å². The molecule has 0 amide bonds. The summed E-state index contributed by atoms with van der Waals surface area (Å²) >= 11 is 0. The van der Waals surface area contributed by atoms with Crippen LogP contribution >= 0.6 is 0 Å². The molecule has 0 aliphatic rings. The first-order chi connectivity index (χ1) is 6.39. The van der Waals surface area contributed by atoms with Crippen molar-refractivity contribution >= 4 is 0 Å². The third-order valence-corrected chi connectivity index (χ3v) is 4.03. The molecule has 3 atom stereocenters. The van der Waals surface area contributed by atoms with E-state index in [9.17, 15) is 0 Å². The maximum absolute atomic E-state index is 5.66. The summed E-state index contributed by atoms with van der Waals surface area (Å²) < 4.78 is 0. The minimum atomic E-state index is 0.193. The maximum atomic E-state index is 5.66. The number of hydrogen-bond donors (Lipinski definition) is 1. The van der Waals surface area contributed by atoms with E-state index in [1.54, 1.807) is 0 Å². The van der Waals surface area contributed by atoms with Crippen molar-refractivity contribution in [2.24, 2.45) is 28.9 Å². The summed E-state index contributed by atoms with van der Waals surface area (Å²) in [5.41, 5.74) is 5.85. The fraction of sp³-hybridized carbons (Fsp3) is 0.846. The van der Waals surface area contributed by atoms with Gasteiger partial charge in [-0.05, 0) is 36.1 Å². The zero-order valence-corrected chi connectivity index (χ0v) is 10.5. The van der Waals surface area contributed by atoms with E-state index in [1.165, 1.54) is 0 Å². The van der Waals surface area contributed by atoms with Crippen LogP contribution in [0.1, 0.15) is 41.0 Å². The Balaban J connectivity index is 4.59. The Morgan fingerprint density at radius 1 is 1.29 bits per heavy atom. The van der Waals surface area contributed by atoms with Crippen LogP contribution in [0, 0.1) is 23.2 Å². The lowest BCUT2D eigenvalue weighted by Crippen LogP contribution is -2.32. The molecule has 0 spiro atoms. The number of rotatable bonds is 6. The molecule has 0 aromatic heterocycles. The Morgan fingerprint density at radius 2 is 1.79 bits per heavy atom. The molecule has 3 unspecified atom stereocenters. The van der Waals surface area contributed by atoms with Gasteiger partial charge in [-0.2, -0.15) is 0 Å². The predicted octanol–water partition coefficient (Wildman–Crippen LogP) is 3.46. The van der Waals surface area contributed by atoms with Crippen molar-refractivity contribution in [3.05, 3.63) is 12.7 Å². The highest BCUT2D eigenvalue weighted by molar-refractivity contribution is 4.96. The van der Waals surface area contributed by atoms with Gasteiger partial charge < -0.3 is 5.73 Å². The van der Waals surface area contributed by atoms with E-state index in [0.717, 1.165) is 18.9 Å². The highest BCUT2D eigenvalue weighted by Gasteiger charge is 2.31. The fourth-order valence-electron chi connectivity index (χ4n) is 2.00. The second-order valence-corrected chi connectivity index (χ2v) is 5.14. The molecule has 0 aliphatic heterocycles. The second kappa shape index (κ2) is 5.55. The van der Waals surface area contributed by atoms with Crippen LogP contribution in [0.3, 0.4) is 0 Å². The first-order valence-corrected chi connectivity index (χ1v) is 5.72. The molecule has 0 fully saturated rings. The first-order valence-electron chi connectivity index (χ1n) is 5.72. The SMILES string of the molecule is C=CC(C)(CCN)C(C)C(C)C(C)C. The summed E-state index contributed by atoms with van der Waals surface area (Å²) in [6.45, 7) is 16.2. The van der Waals surface area contributed by atoms with Crippen LogP contribution in [0.4, 0.5) is 0 Å². The minimum Gasteiger partial charge on any atom is -0.330 e. The topological polar surface area (TPSA) is 26.0 Å². The molecule has 1 nitrogen and oxygen atoms in total. The molecule has 2 N–H and O–H groups in total. The molecule has 0 saturated heterocycles. The van der Waals surface area contributed by atoms with Crippen molar-refractivity contribution in [2.75, 3.05) is 6.54 Å². The molecule has 0 aromatic rings. The molecule has 0 radical (unpaired) electrons. The number of hydrogen-bond acceptors (Lipinski definition) is 1. The van der Waals surface area contributed by atoms with Crippen molar-refractivity contribution in [2.45, 2.75) is 41.0 Å². The monoisotopic (exact) mass is 197 g/mol. The van der Waals surface area contributed by atoms with Gasteiger partial charge in [0.15, 0.2) is 0 Å². The summed E-state index contributed by atoms with van der Waals surface area (Å²) in [6.07, 6.45) is 3.12. The molecule has 0 heterocycles. The van der Waals surface area contributed by atoms with Crippen molar-refractivity contribution in [1.82, 2.24) is 0 Å². The molecule has 0 rings (SSSR count). The highest BCUT2D eigenvalue weighted by atomic mass is 14.5. The van der Waals surface area contributed by atoms with Crippen LogP contribution in [0.5, 0.6) is 0 Å². The zero-order chi connectivity index (χ0) is 11.4. The van der Waals surface area contributed by atoms with Crippen molar-refractivity contribution in [3.63, 3.8) is 0 Å². The van der Waals surface area contributed by atoms with E-state index in [4.69, 9.17) is 5.73 Å². The Labute approximate surface area is 89.8 Å². The Kier molecular flexibility index (Phi) is 5.43. The van der Waals surface area contributed by atoms with Gasteiger partial charge in [0, 0.05) is 0 Å². The van der Waals surface area contributed by atoms with Gasteiger partial charge in [-0.15, -0.1) is 6.58 Å². The molecular weight excluding hydrogens is 170 g/mol. The van der Waals surface area contributed by atoms with Crippen LogP contribution < -0.4 is 5.73 Å². The molecule has 1 heteroatoms. The van der Waals surface area contributed by atoms with Crippen molar-refractivity contribution in [3.8, 4) is 0 Å². The lowest BCUT2D eigenvalue weighted by molar-refractivity contribution is 0.154. The van der Waals surface area contributed by atoms with E-state index >= 15 is 0 Å². The van der Waals surface area contributed by atoms with E-state index in [-0.39, 0.29) is 5.41 Å². The van der Waals surface area contributed by atoms with Gasteiger partial charge in [0.2, 0.25) is 0 Å². The largest absolute Gasteiger partial charge is 0.330 e. The van der Waals surface area contributed by atoms with E-state index in [0.29, 0.717) is 11.8 Å². The summed E-state index contributed by atoms with van der Waals surface area (Å²) in [7, 11) is 0. The van der Waals surface area contributed by atoms with Gasteiger partial charge >= 0.3 is 0 Å². The Bertz CT molecular complexity index is 174. The standard InChI is InChI=1S/C13H27N/c1-7-13(6,8-9-14)12(5)11(4)10(2)3/h7,10-12H,1,8-9,14H2,2-6H3. The summed E-state index contributed by atoms with van der Waals surface area (Å²) in [5, 5.41) is 0. The fourth-order valence-corrected chi connectivity index (χ4v) is 2.00. The lowest BCUT2D eigenvalue weighted by atomic mass is 9.67. The summed E-state index contributed by atoms with van der Waals surface area (Å²) in [5.74, 6) is 2.08. The summed E-state index contributed by atoms with van der Waals surface area (Å²) in [6, 6.07) is 0. The molecule has 0 saturated carbocycles. The second-order valence-electron chi connectivity index (χ2n) is 5.14. The van der Waals surface area contributed by atoms with E-state index < -0.39 is 0 Å². The Morgan fingerprint density at radius 3 is 2.07 bits per heavy atom. The number of nitrogens with two attached hydrogens (primary N) is 1. The molecule has 84 valence electrons. The lowest BCUT2D eigenvalue weighted by Gasteiger charge is -2.38. The van der Waals surface area contributed by atoms with Gasteiger partial charge in [0.1, 0.15) is 0 Å². The van der Waals surface area contributed by atoms with Crippen LogP contribution in [-0.2, 0) is 0 Å². The van der Waals surface area contributed by atoms with Gasteiger partial charge in [0.25, 0.3) is 0 Å². The molecule has 14 heavy (non-hydrogen) atoms. The smallest absolute Gasteiger partial charge is 0.00690 e. The highest BCUT2D eigenvalue weighted by Crippen LogP contribution is 2.39. The van der Waals surface area contributed by atoms with Crippen molar-refractivity contribution < 1.29 is 0 Å². The number of allylic oxidation sites excluding steroid dienone is 1. The van der Waals surface area contributed by atoms with E-state index in [2.05, 4.69) is 47.3 Å². The zero-order valence-electron chi connectivity index (χ0n) is 10.5. The average molecular weight is 197 g/mol. The van der Waals surface area contributed by atoms with Gasteiger partial charge in [-0.25, -0.2) is 0 Å². The van der Waals surface area contributed by atoms with Crippen LogP contribution in [-0.4, -0.2) is 6.54 Å². The average Bonchev–Trinajstić information content (AvgIpc) is 2.15. The molecule has 0 aromatic carbocycles. The summed E-state index contributed by atoms with van der Waals surface area (Å²) in [4.78, 5) is 0. The third-order valence-electron chi connectivity index (χ3n) is 4.03. The minimum absolute atomic E-state index is 0.193. The van der Waals surface area contributed by atoms with E-state index in [1.807, 2.05) is 0 Å². The maximum Gasteiger partial charge on any atom is -0.00690 e. The Hall–Kier alpha value is -0.300.